The molecule has 1 aliphatic heterocycles. The van der Waals surface area contributed by atoms with E-state index in [0.29, 0.717) is 5.78 Å². The van der Waals surface area contributed by atoms with E-state index < -0.39 is 0 Å². The molecule has 0 saturated carbocycles. The van der Waals surface area contributed by atoms with Gasteiger partial charge in [-0.2, -0.15) is 0 Å². The van der Waals surface area contributed by atoms with Crippen LogP contribution in [0.25, 0.3) is 0 Å². The number of thiophene rings is 1. The van der Waals surface area contributed by atoms with E-state index >= 15 is 0 Å². The number of nitrogens with one attached hydrogen (secondary N) is 1. The summed E-state index contributed by atoms with van der Waals surface area (Å²) in [4.78, 5) is 14.7. The third-order valence-corrected chi connectivity index (χ3v) is 4.59. The lowest BCUT2D eigenvalue weighted by molar-refractivity contribution is 0.0735. The fourth-order valence-corrected chi connectivity index (χ4v) is 3.37. The van der Waals surface area contributed by atoms with Crippen LogP contribution >= 0.6 is 11.3 Å². The Morgan fingerprint density at radius 3 is 2.88 bits per heavy atom. The average molecular weight is 237 g/mol. The highest BCUT2D eigenvalue weighted by molar-refractivity contribution is 7.14. The predicted octanol–water partition coefficient (Wildman–Crippen LogP) is 3.02. The van der Waals surface area contributed by atoms with Crippen molar-refractivity contribution in [3.63, 3.8) is 0 Å². The monoisotopic (exact) mass is 237 g/mol. The summed E-state index contributed by atoms with van der Waals surface area (Å²) in [5.41, 5.74) is -0.143. The molecule has 1 aromatic heterocycles. The minimum atomic E-state index is -0.143. The molecule has 0 aromatic carbocycles. The lowest BCUT2D eigenvalue weighted by atomic mass is 9.74. The topological polar surface area (TPSA) is 29.1 Å². The third-order valence-electron chi connectivity index (χ3n) is 3.59. The van der Waals surface area contributed by atoms with Gasteiger partial charge in [0.15, 0.2) is 5.78 Å². The predicted molar refractivity (Wildman–Crippen MR) is 68.2 cm³/mol. The molecule has 2 rings (SSSR count). The molecule has 16 heavy (non-hydrogen) atoms. The highest BCUT2D eigenvalue weighted by Gasteiger charge is 2.38. The van der Waals surface area contributed by atoms with Crippen LogP contribution in [-0.2, 0) is 0 Å². The van der Waals surface area contributed by atoms with Crippen molar-refractivity contribution in [3.05, 3.63) is 21.9 Å². The zero-order chi connectivity index (χ0) is 11.6. The van der Waals surface area contributed by atoms with Gasteiger partial charge < -0.3 is 5.32 Å². The van der Waals surface area contributed by atoms with E-state index in [1.165, 1.54) is 4.88 Å². The summed E-state index contributed by atoms with van der Waals surface area (Å²) >= 11 is 1.63. The number of piperidine rings is 1. The number of rotatable bonds is 3. The number of aryl methyl sites for hydroxylation is 1. The van der Waals surface area contributed by atoms with Crippen LogP contribution < -0.4 is 5.32 Å². The number of hydrogen-bond donors (Lipinski definition) is 1. The van der Waals surface area contributed by atoms with Gasteiger partial charge in [0.1, 0.15) is 0 Å². The van der Waals surface area contributed by atoms with Gasteiger partial charge in [-0.1, -0.05) is 6.92 Å². The van der Waals surface area contributed by atoms with Crippen molar-refractivity contribution in [3.8, 4) is 0 Å². The van der Waals surface area contributed by atoms with E-state index in [1.807, 2.05) is 12.1 Å². The summed E-state index contributed by atoms with van der Waals surface area (Å²) in [7, 11) is 0. The van der Waals surface area contributed by atoms with Crippen LogP contribution in [0, 0.1) is 12.3 Å². The third kappa shape index (κ3) is 2.06. The zero-order valence-electron chi connectivity index (χ0n) is 10.0. The standard InChI is InChI=1S/C13H19NOS/c1-3-13(7-4-8-14-9-13)12(15)11-6-5-10(2)16-11/h5-6,14H,3-4,7-9H2,1-2H3. The van der Waals surface area contributed by atoms with Gasteiger partial charge in [0.2, 0.25) is 0 Å². The number of ketones is 1. The van der Waals surface area contributed by atoms with Crippen LogP contribution in [-0.4, -0.2) is 18.9 Å². The summed E-state index contributed by atoms with van der Waals surface area (Å²) in [5, 5.41) is 3.37. The maximum absolute atomic E-state index is 12.5. The molecule has 0 radical (unpaired) electrons. The van der Waals surface area contributed by atoms with Gasteiger partial charge >= 0.3 is 0 Å². The maximum Gasteiger partial charge on any atom is 0.180 e. The molecule has 3 heteroatoms. The molecule has 1 atom stereocenters. The summed E-state index contributed by atoms with van der Waals surface area (Å²) in [6.45, 7) is 6.09. The Labute approximate surface area is 101 Å². The van der Waals surface area contributed by atoms with Gasteiger partial charge in [-0.05, 0) is 44.9 Å². The van der Waals surface area contributed by atoms with Gasteiger partial charge in [-0.3, -0.25) is 4.79 Å². The molecule has 1 fully saturated rings. The molecule has 0 aliphatic carbocycles. The molecule has 0 bridgehead atoms. The van der Waals surface area contributed by atoms with E-state index in [4.69, 9.17) is 0 Å². The number of carbonyl (C=O) groups excluding carboxylic acids is 1. The molecule has 0 spiro atoms. The highest BCUT2D eigenvalue weighted by Crippen LogP contribution is 2.35. The van der Waals surface area contributed by atoms with Gasteiger partial charge in [0.25, 0.3) is 0 Å². The lowest BCUT2D eigenvalue weighted by Crippen LogP contribution is -2.44. The summed E-state index contributed by atoms with van der Waals surface area (Å²) < 4.78 is 0. The van der Waals surface area contributed by atoms with Crippen molar-refractivity contribution in [1.82, 2.24) is 5.32 Å². The highest BCUT2D eigenvalue weighted by atomic mass is 32.1. The summed E-state index contributed by atoms with van der Waals surface area (Å²) in [6, 6.07) is 4.02. The second-order valence-electron chi connectivity index (χ2n) is 4.65. The number of carbonyl (C=O) groups is 1. The van der Waals surface area contributed by atoms with E-state index in [-0.39, 0.29) is 5.41 Å². The van der Waals surface area contributed by atoms with Crippen molar-refractivity contribution in [1.29, 1.82) is 0 Å². The van der Waals surface area contributed by atoms with Crippen LogP contribution in [0.5, 0.6) is 0 Å². The second-order valence-corrected chi connectivity index (χ2v) is 5.94. The van der Waals surface area contributed by atoms with Crippen molar-refractivity contribution < 1.29 is 4.79 Å². The van der Waals surface area contributed by atoms with Crippen LogP contribution in [0.15, 0.2) is 12.1 Å². The Morgan fingerprint density at radius 1 is 1.56 bits per heavy atom. The average Bonchev–Trinajstić information content (AvgIpc) is 2.76. The first-order valence-corrected chi connectivity index (χ1v) is 6.81. The Balaban J connectivity index is 2.24. The van der Waals surface area contributed by atoms with Gasteiger partial charge in [-0.25, -0.2) is 0 Å². The second kappa shape index (κ2) is 4.68. The molecule has 2 nitrogen and oxygen atoms in total. The Hall–Kier alpha value is -0.670. The normalized spacial score (nSPS) is 25.6. The number of Topliss-reactive ketones (excluding diaryl/α,β-unsaturated/α-hetero) is 1. The summed E-state index contributed by atoms with van der Waals surface area (Å²) in [5.74, 6) is 0.348. The molecular formula is C13H19NOS. The van der Waals surface area contributed by atoms with Gasteiger partial charge in [0, 0.05) is 16.8 Å². The maximum atomic E-state index is 12.5. The first kappa shape index (κ1) is 11.8. The van der Waals surface area contributed by atoms with E-state index in [2.05, 4.69) is 19.2 Å². The smallest absolute Gasteiger partial charge is 0.180 e. The fraction of sp³-hybridized carbons (Fsp3) is 0.615. The SMILES string of the molecule is CCC1(C(=O)c2ccc(C)s2)CCCNC1. The molecule has 1 unspecified atom stereocenters. The van der Waals surface area contributed by atoms with E-state index in [9.17, 15) is 4.79 Å². The molecule has 88 valence electrons. The van der Waals surface area contributed by atoms with Crippen molar-refractivity contribution >= 4 is 17.1 Å². The first-order valence-electron chi connectivity index (χ1n) is 6.00. The fourth-order valence-electron chi connectivity index (χ4n) is 2.44. The zero-order valence-corrected chi connectivity index (χ0v) is 10.8. The largest absolute Gasteiger partial charge is 0.316 e. The van der Waals surface area contributed by atoms with E-state index in [0.717, 1.165) is 37.2 Å². The van der Waals surface area contributed by atoms with Crippen molar-refractivity contribution in [2.24, 2.45) is 5.41 Å². The molecular weight excluding hydrogens is 218 g/mol. The van der Waals surface area contributed by atoms with E-state index in [1.54, 1.807) is 11.3 Å². The van der Waals surface area contributed by atoms with Crippen molar-refractivity contribution in [2.75, 3.05) is 13.1 Å². The van der Waals surface area contributed by atoms with Crippen LogP contribution in [0.4, 0.5) is 0 Å². The summed E-state index contributed by atoms with van der Waals surface area (Å²) in [6.07, 6.45) is 3.09. The lowest BCUT2D eigenvalue weighted by Gasteiger charge is -2.35. The Bertz CT molecular complexity index is 377. The first-order chi connectivity index (χ1) is 7.68. The Kier molecular flexibility index (Phi) is 3.45. The van der Waals surface area contributed by atoms with Gasteiger partial charge in [-0.15, -0.1) is 11.3 Å². The minimum Gasteiger partial charge on any atom is -0.316 e. The Morgan fingerprint density at radius 2 is 2.38 bits per heavy atom. The minimum absolute atomic E-state index is 0.143. The molecule has 1 aromatic rings. The molecule has 2 heterocycles. The molecule has 0 amide bonds. The van der Waals surface area contributed by atoms with Crippen molar-refractivity contribution in [2.45, 2.75) is 33.1 Å². The van der Waals surface area contributed by atoms with Gasteiger partial charge in [0.05, 0.1) is 4.88 Å². The van der Waals surface area contributed by atoms with Crippen LogP contribution in [0.1, 0.15) is 40.7 Å². The van der Waals surface area contributed by atoms with Crippen LogP contribution in [0.2, 0.25) is 0 Å². The molecule has 1 saturated heterocycles. The number of hydrogen-bond acceptors (Lipinski definition) is 3. The quantitative estimate of drug-likeness (QED) is 0.819. The molecule has 1 aliphatic rings. The van der Waals surface area contributed by atoms with Crippen LogP contribution in [0.3, 0.4) is 0 Å². The molecule has 1 N–H and O–H groups in total.